The number of methoxy groups -OCH3 is 1. The summed E-state index contributed by atoms with van der Waals surface area (Å²) in [5.41, 5.74) is 1.46. The molecule has 156 valence electrons. The van der Waals surface area contributed by atoms with E-state index in [0.717, 1.165) is 16.2 Å². The largest absolute Gasteiger partial charge is 0.465 e. The molecule has 8 heteroatoms. The number of ether oxygens (including phenoxy) is 1. The van der Waals surface area contributed by atoms with Crippen molar-refractivity contribution in [3.8, 4) is 0 Å². The van der Waals surface area contributed by atoms with Gasteiger partial charge in [0.1, 0.15) is 0 Å². The minimum atomic E-state index is -0.529. The third-order valence-electron chi connectivity index (χ3n) is 4.55. The number of rotatable bonds is 7. The molecular weight excluding hydrogens is 404 g/mol. The number of imide groups is 1. The Bertz CT molecular complexity index is 956. The highest BCUT2D eigenvalue weighted by Gasteiger charge is 2.40. The van der Waals surface area contributed by atoms with E-state index in [1.54, 1.807) is 24.3 Å². The van der Waals surface area contributed by atoms with Crippen LogP contribution in [0.25, 0.3) is 0 Å². The lowest BCUT2D eigenvalue weighted by molar-refractivity contribution is -0.121. The summed E-state index contributed by atoms with van der Waals surface area (Å²) in [6.45, 7) is 1.94. The molecular formula is C22H22N2O5S. The number of carbonyl (C=O) groups excluding carboxylic acids is 4. The number of anilines is 2. The van der Waals surface area contributed by atoms with Crippen molar-refractivity contribution in [3.05, 3.63) is 54.1 Å². The Hall–Kier alpha value is -3.13. The summed E-state index contributed by atoms with van der Waals surface area (Å²) in [6, 6.07) is 13.4. The van der Waals surface area contributed by atoms with Gasteiger partial charge in [-0.05, 0) is 55.0 Å². The Morgan fingerprint density at radius 1 is 1.10 bits per heavy atom. The van der Waals surface area contributed by atoms with Gasteiger partial charge in [-0.3, -0.25) is 14.4 Å². The quantitative estimate of drug-likeness (QED) is 0.537. The zero-order valence-corrected chi connectivity index (χ0v) is 17.5. The fourth-order valence-corrected chi connectivity index (χ4v) is 4.12. The molecule has 1 fully saturated rings. The summed E-state index contributed by atoms with van der Waals surface area (Å²) in [7, 11) is 1.29. The van der Waals surface area contributed by atoms with Crippen LogP contribution < -0.4 is 10.2 Å². The third kappa shape index (κ3) is 4.88. The predicted octanol–water partition coefficient (Wildman–Crippen LogP) is 3.64. The minimum Gasteiger partial charge on any atom is -0.465 e. The Labute approximate surface area is 178 Å². The molecule has 0 bridgehead atoms. The van der Waals surface area contributed by atoms with Crippen molar-refractivity contribution in [2.75, 3.05) is 17.3 Å². The molecule has 1 unspecified atom stereocenters. The van der Waals surface area contributed by atoms with E-state index < -0.39 is 11.2 Å². The van der Waals surface area contributed by atoms with E-state index in [0.29, 0.717) is 23.4 Å². The second-order valence-corrected chi connectivity index (χ2v) is 8.02. The molecule has 3 amide bonds. The molecule has 2 aromatic rings. The molecule has 30 heavy (non-hydrogen) atoms. The monoisotopic (exact) mass is 426 g/mol. The number of nitrogens with zero attached hydrogens (tertiary/aromatic N) is 1. The molecule has 1 atom stereocenters. The number of benzene rings is 2. The van der Waals surface area contributed by atoms with Crippen LogP contribution in [0.1, 0.15) is 36.5 Å². The summed E-state index contributed by atoms with van der Waals surface area (Å²) in [4.78, 5) is 50.5. The number of amides is 3. The lowest BCUT2D eigenvalue weighted by Gasteiger charge is -2.15. The molecule has 1 aliphatic rings. The van der Waals surface area contributed by atoms with Gasteiger partial charge in [-0.1, -0.05) is 6.92 Å². The molecule has 0 aliphatic carbocycles. The highest BCUT2D eigenvalue weighted by Crippen LogP contribution is 2.34. The summed E-state index contributed by atoms with van der Waals surface area (Å²) in [5.74, 6) is -1.10. The van der Waals surface area contributed by atoms with Gasteiger partial charge < -0.3 is 10.1 Å². The zero-order valence-electron chi connectivity index (χ0n) is 16.7. The van der Waals surface area contributed by atoms with Crippen LogP contribution in [0.15, 0.2) is 53.4 Å². The van der Waals surface area contributed by atoms with Gasteiger partial charge in [0, 0.05) is 23.4 Å². The maximum absolute atomic E-state index is 12.8. The van der Waals surface area contributed by atoms with E-state index in [9.17, 15) is 19.2 Å². The first-order chi connectivity index (χ1) is 14.4. The molecule has 0 radical (unpaired) electrons. The number of nitrogens with one attached hydrogen (secondary N) is 1. The topological polar surface area (TPSA) is 92.8 Å². The number of hydrogen-bond acceptors (Lipinski definition) is 6. The van der Waals surface area contributed by atoms with Gasteiger partial charge in [0.25, 0.3) is 0 Å². The van der Waals surface area contributed by atoms with Crippen LogP contribution in [0, 0.1) is 0 Å². The van der Waals surface area contributed by atoms with E-state index >= 15 is 0 Å². The average Bonchev–Trinajstić information content (AvgIpc) is 3.02. The number of thioether (sulfide) groups is 1. The highest BCUT2D eigenvalue weighted by molar-refractivity contribution is 8.00. The SMILES string of the molecule is CCCC(=O)Nc1ccc(SC2CC(=O)N(c3ccc(C(=O)OC)cc3)C2=O)cc1. The highest BCUT2D eigenvalue weighted by atomic mass is 32.2. The second kappa shape index (κ2) is 9.58. The third-order valence-corrected chi connectivity index (χ3v) is 5.74. The smallest absolute Gasteiger partial charge is 0.337 e. The summed E-state index contributed by atoms with van der Waals surface area (Å²) in [5, 5.41) is 2.28. The van der Waals surface area contributed by atoms with Gasteiger partial charge in [0.15, 0.2) is 0 Å². The van der Waals surface area contributed by atoms with Crippen LogP contribution in [-0.2, 0) is 19.1 Å². The summed E-state index contributed by atoms with van der Waals surface area (Å²) < 4.78 is 4.66. The van der Waals surface area contributed by atoms with Gasteiger partial charge in [0.05, 0.1) is 23.6 Å². The van der Waals surface area contributed by atoms with Crippen molar-refractivity contribution in [1.82, 2.24) is 0 Å². The molecule has 1 saturated heterocycles. The van der Waals surface area contributed by atoms with Crippen molar-refractivity contribution in [1.29, 1.82) is 0 Å². The summed E-state index contributed by atoms with van der Waals surface area (Å²) >= 11 is 1.31. The Morgan fingerprint density at radius 3 is 2.37 bits per heavy atom. The lowest BCUT2D eigenvalue weighted by atomic mass is 10.2. The van der Waals surface area contributed by atoms with Crippen molar-refractivity contribution in [2.45, 2.75) is 36.3 Å². The molecule has 2 aromatic carbocycles. The molecule has 1 aliphatic heterocycles. The van der Waals surface area contributed by atoms with E-state index in [4.69, 9.17) is 0 Å². The van der Waals surface area contributed by atoms with Crippen LogP contribution >= 0.6 is 11.8 Å². The van der Waals surface area contributed by atoms with E-state index in [2.05, 4.69) is 10.1 Å². The fraction of sp³-hybridized carbons (Fsp3) is 0.273. The number of hydrogen-bond donors (Lipinski definition) is 1. The minimum absolute atomic E-state index is 0.0386. The Morgan fingerprint density at radius 2 is 1.77 bits per heavy atom. The number of carbonyl (C=O) groups is 4. The second-order valence-electron chi connectivity index (χ2n) is 6.74. The first-order valence-electron chi connectivity index (χ1n) is 9.54. The standard InChI is InChI=1S/C22H22N2O5S/c1-3-4-19(25)23-15-7-11-17(12-8-15)30-18-13-20(26)24(21(18)27)16-9-5-14(6-10-16)22(28)29-2/h5-12,18H,3-4,13H2,1-2H3,(H,23,25). The molecule has 0 spiro atoms. The molecule has 1 N–H and O–H groups in total. The van der Waals surface area contributed by atoms with Gasteiger partial charge in [0.2, 0.25) is 17.7 Å². The maximum atomic E-state index is 12.8. The van der Waals surface area contributed by atoms with Gasteiger partial charge in [-0.25, -0.2) is 9.69 Å². The normalized spacial score (nSPS) is 15.9. The van der Waals surface area contributed by atoms with Crippen LogP contribution in [0.4, 0.5) is 11.4 Å². The van der Waals surface area contributed by atoms with Gasteiger partial charge in [-0.15, -0.1) is 11.8 Å². The van der Waals surface area contributed by atoms with Crippen molar-refractivity contribution in [2.24, 2.45) is 0 Å². The molecule has 0 saturated carbocycles. The number of esters is 1. The Balaban J connectivity index is 1.66. The van der Waals surface area contributed by atoms with Gasteiger partial charge in [-0.2, -0.15) is 0 Å². The average molecular weight is 426 g/mol. The Kier molecular flexibility index (Phi) is 6.89. The maximum Gasteiger partial charge on any atom is 0.337 e. The van der Waals surface area contributed by atoms with E-state index in [1.807, 2.05) is 19.1 Å². The molecule has 7 nitrogen and oxygen atoms in total. The zero-order chi connectivity index (χ0) is 21.7. The van der Waals surface area contributed by atoms with E-state index in [-0.39, 0.29) is 24.1 Å². The predicted molar refractivity (Wildman–Crippen MR) is 115 cm³/mol. The van der Waals surface area contributed by atoms with Crippen molar-refractivity contribution in [3.63, 3.8) is 0 Å². The van der Waals surface area contributed by atoms with Crippen LogP contribution in [0.3, 0.4) is 0 Å². The van der Waals surface area contributed by atoms with Crippen LogP contribution in [0.5, 0.6) is 0 Å². The van der Waals surface area contributed by atoms with Crippen molar-refractivity contribution >= 4 is 46.8 Å². The van der Waals surface area contributed by atoms with Crippen LogP contribution in [0.2, 0.25) is 0 Å². The molecule has 1 heterocycles. The van der Waals surface area contributed by atoms with Crippen LogP contribution in [-0.4, -0.2) is 36.1 Å². The van der Waals surface area contributed by atoms with Gasteiger partial charge >= 0.3 is 5.97 Å². The first kappa shape index (κ1) is 21.6. The van der Waals surface area contributed by atoms with E-state index in [1.165, 1.54) is 31.0 Å². The lowest BCUT2D eigenvalue weighted by Crippen LogP contribution is -2.31. The summed E-state index contributed by atoms with van der Waals surface area (Å²) in [6.07, 6.45) is 1.34. The fourth-order valence-electron chi connectivity index (χ4n) is 3.06. The molecule has 0 aromatic heterocycles. The first-order valence-corrected chi connectivity index (χ1v) is 10.4. The molecule has 3 rings (SSSR count). The van der Waals surface area contributed by atoms with Crippen molar-refractivity contribution < 1.29 is 23.9 Å².